The minimum atomic E-state index is -0.886. The van der Waals surface area contributed by atoms with Gasteiger partial charge in [0, 0.05) is 19.3 Å². The zero-order valence-corrected chi connectivity index (χ0v) is 31.6. The van der Waals surface area contributed by atoms with Crippen molar-refractivity contribution in [2.45, 2.75) is 142 Å². The van der Waals surface area contributed by atoms with Gasteiger partial charge < -0.3 is 23.8 Å². The Bertz CT molecular complexity index is 990. The van der Waals surface area contributed by atoms with Gasteiger partial charge in [0.05, 0.1) is 34.4 Å². The maximum Gasteiger partial charge on any atom is 0.362 e. The van der Waals surface area contributed by atoms with Crippen molar-refractivity contribution in [3.8, 4) is 0 Å². The lowest BCUT2D eigenvalue weighted by Gasteiger charge is -2.31. The van der Waals surface area contributed by atoms with E-state index in [4.69, 9.17) is 14.2 Å². The number of ether oxygens (including phenoxy) is 3. The van der Waals surface area contributed by atoms with Crippen molar-refractivity contribution < 1.29 is 38.2 Å². The zero-order valence-electron chi connectivity index (χ0n) is 31.6. The predicted octanol–water partition coefficient (Wildman–Crippen LogP) is 9.46. The summed E-state index contributed by atoms with van der Waals surface area (Å²) in [5, 5.41) is 9.57. The molecule has 0 aromatic heterocycles. The second-order valence-electron chi connectivity index (χ2n) is 13.6. The normalized spacial score (nSPS) is 13.7. The van der Waals surface area contributed by atoms with Crippen LogP contribution in [0.25, 0.3) is 0 Å². The smallest absolute Gasteiger partial charge is 0.362 e. The van der Waals surface area contributed by atoms with E-state index in [0.717, 1.165) is 44.9 Å². The molecule has 0 aliphatic heterocycles. The molecule has 0 saturated heterocycles. The number of quaternary nitrogens is 1. The molecule has 0 bridgehead atoms. The molecule has 0 spiro atoms. The van der Waals surface area contributed by atoms with Crippen molar-refractivity contribution in [1.29, 1.82) is 0 Å². The summed E-state index contributed by atoms with van der Waals surface area (Å²) < 4.78 is 17.1. The molecule has 2 unspecified atom stereocenters. The molecule has 8 nitrogen and oxygen atoms in total. The Morgan fingerprint density at radius 2 is 1.14 bits per heavy atom. The molecule has 49 heavy (non-hydrogen) atoms. The molecule has 280 valence electrons. The molecule has 0 aromatic rings. The summed E-state index contributed by atoms with van der Waals surface area (Å²) in [7, 11) is 5.49. The molecule has 0 heterocycles. The van der Waals surface area contributed by atoms with Crippen LogP contribution in [0.4, 0.5) is 0 Å². The summed E-state index contributed by atoms with van der Waals surface area (Å²) in [6.45, 7) is 4.50. The summed E-state index contributed by atoms with van der Waals surface area (Å²) in [5.41, 5.74) is 0. The van der Waals surface area contributed by atoms with Gasteiger partial charge >= 0.3 is 17.9 Å². The van der Waals surface area contributed by atoms with E-state index >= 15 is 0 Å². The minimum absolute atomic E-state index is 0.0421. The van der Waals surface area contributed by atoms with Gasteiger partial charge in [0.25, 0.3) is 0 Å². The number of hydrogen-bond acceptors (Lipinski definition) is 6. The fourth-order valence-electron chi connectivity index (χ4n) is 5.11. The molecule has 0 fully saturated rings. The summed E-state index contributed by atoms with van der Waals surface area (Å²) in [6.07, 6.45) is 36.9. The third-order valence-corrected chi connectivity index (χ3v) is 8.06. The number of carbonyl (C=O) groups excluding carboxylic acids is 2. The highest BCUT2D eigenvalue weighted by Crippen LogP contribution is 2.13. The van der Waals surface area contributed by atoms with E-state index < -0.39 is 18.1 Å². The Morgan fingerprint density at radius 3 is 1.69 bits per heavy atom. The summed E-state index contributed by atoms with van der Waals surface area (Å²) in [4.78, 5) is 36.7. The number of likely N-dealkylation sites (N-methyl/N-ethyl adjacent to an activating group) is 1. The van der Waals surface area contributed by atoms with Gasteiger partial charge in [-0.3, -0.25) is 9.59 Å². The fraction of sp³-hybridized carbons (Fsp3) is 0.683. The van der Waals surface area contributed by atoms with Crippen LogP contribution in [-0.4, -0.2) is 80.6 Å². The lowest BCUT2D eigenvalue weighted by molar-refractivity contribution is -0.887. The number of carboxylic acids is 1. The number of carboxylic acid groups (broad SMARTS) is 1. The number of aliphatic carboxylic acids is 1. The Labute approximate surface area is 298 Å². The van der Waals surface area contributed by atoms with Crippen molar-refractivity contribution >= 4 is 17.9 Å². The Hall–Kier alpha value is -2.97. The van der Waals surface area contributed by atoms with E-state index in [0.29, 0.717) is 19.3 Å². The molecule has 8 heteroatoms. The lowest BCUT2D eigenvalue weighted by atomic mass is 10.1. The molecule has 0 saturated carbocycles. The summed E-state index contributed by atoms with van der Waals surface area (Å²) >= 11 is 0. The number of nitrogens with zero attached hydrogens (tertiary/aromatic N) is 1. The molecule has 2 atom stereocenters. The molecular weight excluding hydrogens is 618 g/mol. The van der Waals surface area contributed by atoms with Crippen LogP contribution in [0.15, 0.2) is 60.8 Å². The van der Waals surface area contributed by atoms with E-state index in [1.807, 2.05) is 69.8 Å². The van der Waals surface area contributed by atoms with Crippen molar-refractivity contribution in [1.82, 2.24) is 0 Å². The number of carbonyl (C=O) groups is 3. The van der Waals surface area contributed by atoms with Gasteiger partial charge in [-0.1, -0.05) is 139 Å². The first-order valence-electron chi connectivity index (χ1n) is 18.9. The van der Waals surface area contributed by atoms with Gasteiger partial charge in [-0.05, 0) is 32.1 Å². The van der Waals surface area contributed by atoms with Crippen molar-refractivity contribution in [2.24, 2.45) is 0 Å². The molecular formula is C41H70NO7+. The highest BCUT2D eigenvalue weighted by Gasteiger charge is 2.31. The number of unbranched alkanes of at least 4 members (excludes halogenated alkanes) is 12. The monoisotopic (exact) mass is 689 g/mol. The van der Waals surface area contributed by atoms with Gasteiger partial charge in [0.1, 0.15) is 6.61 Å². The highest BCUT2D eigenvalue weighted by atomic mass is 16.6. The Kier molecular flexibility index (Phi) is 30.3. The number of allylic oxidation sites excluding steroid dienone is 10. The summed E-state index contributed by atoms with van der Waals surface area (Å²) in [5.74, 6) is -1.53. The molecule has 0 rings (SSSR count). The number of esters is 2. The predicted molar refractivity (Wildman–Crippen MR) is 201 cm³/mol. The van der Waals surface area contributed by atoms with Crippen LogP contribution in [0.2, 0.25) is 0 Å². The van der Waals surface area contributed by atoms with Gasteiger partial charge in [-0.2, -0.15) is 0 Å². The molecule has 0 aliphatic carbocycles. The lowest BCUT2D eigenvalue weighted by Crippen LogP contribution is -2.50. The first-order valence-corrected chi connectivity index (χ1v) is 18.9. The van der Waals surface area contributed by atoms with Crippen LogP contribution in [0, 0.1) is 0 Å². The maximum absolute atomic E-state index is 12.6. The van der Waals surface area contributed by atoms with Gasteiger partial charge in [0.2, 0.25) is 0 Å². The largest absolute Gasteiger partial charge is 0.477 e. The second kappa shape index (κ2) is 32.2. The van der Waals surface area contributed by atoms with Gasteiger partial charge in [-0.25, -0.2) is 4.79 Å². The fourth-order valence-corrected chi connectivity index (χ4v) is 5.11. The van der Waals surface area contributed by atoms with E-state index in [-0.39, 0.29) is 42.7 Å². The first kappa shape index (κ1) is 46.0. The van der Waals surface area contributed by atoms with Crippen molar-refractivity contribution in [2.75, 3.05) is 41.0 Å². The molecule has 0 aliphatic rings. The Morgan fingerprint density at radius 1 is 0.633 bits per heavy atom. The average Bonchev–Trinajstić information content (AvgIpc) is 3.05. The first-order chi connectivity index (χ1) is 23.6. The van der Waals surface area contributed by atoms with E-state index in [9.17, 15) is 19.5 Å². The van der Waals surface area contributed by atoms with Crippen LogP contribution in [0.5, 0.6) is 0 Å². The highest BCUT2D eigenvalue weighted by molar-refractivity contribution is 5.72. The van der Waals surface area contributed by atoms with Crippen molar-refractivity contribution in [3.63, 3.8) is 0 Å². The Balaban J connectivity index is 4.54. The number of rotatable bonds is 32. The van der Waals surface area contributed by atoms with Gasteiger partial charge in [-0.15, -0.1) is 0 Å². The molecule has 1 N–H and O–H groups in total. The minimum Gasteiger partial charge on any atom is -0.477 e. The quantitative estimate of drug-likeness (QED) is 0.0325. The van der Waals surface area contributed by atoms with Crippen LogP contribution in [0.1, 0.15) is 129 Å². The van der Waals surface area contributed by atoms with Crippen LogP contribution < -0.4 is 0 Å². The van der Waals surface area contributed by atoms with Crippen LogP contribution in [-0.2, 0) is 28.6 Å². The SMILES string of the molecule is CC/C=C/C=C/C=C/C=C/C=C/CCCCCC(=O)OC(COCCC(C(=O)O)[N+](C)(C)C)COC(=O)CCCCCCCCCCCC. The number of hydrogen-bond donors (Lipinski definition) is 1. The molecule has 0 radical (unpaired) electrons. The molecule has 0 aromatic carbocycles. The maximum atomic E-state index is 12.6. The summed E-state index contributed by atoms with van der Waals surface area (Å²) in [6, 6.07) is -0.622. The topological polar surface area (TPSA) is 99.1 Å². The van der Waals surface area contributed by atoms with Crippen LogP contribution >= 0.6 is 0 Å². The van der Waals surface area contributed by atoms with E-state index in [2.05, 4.69) is 26.0 Å². The standard InChI is InChI=1S/C41H69NO7/c1-6-8-10-12-14-16-18-19-20-21-22-24-26-28-30-32-40(44)49-37(35-47-34-33-38(41(45)46)42(3,4)5)36-48-39(43)31-29-27-25-23-17-15-13-11-9-7-2/h8,10,12,14,16,18-22,37-38H,6-7,9,11,13,15,17,23-36H2,1-5H3/p+1/b10-8+,14-12+,18-16+,20-19+,22-21+. The second-order valence-corrected chi connectivity index (χ2v) is 13.6. The third-order valence-electron chi connectivity index (χ3n) is 8.06. The third kappa shape index (κ3) is 30.8. The van der Waals surface area contributed by atoms with Crippen molar-refractivity contribution in [3.05, 3.63) is 60.8 Å². The molecule has 0 amide bonds. The van der Waals surface area contributed by atoms with Gasteiger partial charge in [0.15, 0.2) is 12.1 Å². The zero-order chi connectivity index (χ0) is 36.4. The van der Waals surface area contributed by atoms with E-state index in [1.165, 1.54) is 44.9 Å². The van der Waals surface area contributed by atoms with Crippen LogP contribution in [0.3, 0.4) is 0 Å². The average molecular weight is 689 g/mol. The van der Waals surface area contributed by atoms with E-state index in [1.54, 1.807) is 0 Å².